The number of anilines is 1. The molecule has 118 valence electrons. The first-order chi connectivity index (χ1) is 10.5. The number of carbonyl (C=O) groups excluding carboxylic acids is 2. The largest absolute Gasteiger partial charge is 0.459 e. The van der Waals surface area contributed by atoms with E-state index in [-0.39, 0.29) is 24.2 Å². The lowest BCUT2D eigenvalue weighted by Crippen LogP contribution is -2.52. The van der Waals surface area contributed by atoms with Gasteiger partial charge in [0.1, 0.15) is 5.60 Å². The van der Waals surface area contributed by atoms with Crippen molar-refractivity contribution in [1.29, 1.82) is 0 Å². The number of hydrogen-bond acceptors (Lipinski definition) is 4. The molecule has 0 saturated carbocycles. The SMILES string of the molecule is CC1(C)OC(=O)C[C@@H]1C(=O)N1CCN(c2ccccc2)CC1. The lowest BCUT2D eigenvalue weighted by atomic mass is 9.89. The molecular weight excluding hydrogens is 280 g/mol. The maximum atomic E-state index is 12.7. The van der Waals surface area contributed by atoms with Crippen molar-refractivity contribution in [2.75, 3.05) is 31.1 Å². The summed E-state index contributed by atoms with van der Waals surface area (Å²) >= 11 is 0. The van der Waals surface area contributed by atoms with Crippen molar-refractivity contribution in [2.45, 2.75) is 25.9 Å². The van der Waals surface area contributed by atoms with Gasteiger partial charge in [-0.2, -0.15) is 0 Å². The van der Waals surface area contributed by atoms with Crippen LogP contribution in [0.5, 0.6) is 0 Å². The van der Waals surface area contributed by atoms with Crippen LogP contribution in [-0.4, -0.2) is 48.6 Å². The van der Waals surface area contributed by atoms with Crippen LogP contribution in [0.25, 0.3) is 0 Å². The number of ether oxygens (including phenoxy) is 1. The third-order valence-corrected chi connectivity index (χ3v) is 4.60. The molecule has 2 heterocycles. The summed E-state index contributed by atoms with van der Waals surface area (Å²) < 4.78 is 5.27. The summed E-state index contributed by atoms with van der Waals surface area (Å²) in [6.07, 6.45) is 0.199. The summed E-state index contributed by atoms with van der Waals surface area (Å²) in [5.74, 6) is -0.585. The smallest absolute Gasteiger partial charge is 0.307 e. The molecule has 0 radical (unpaired) electrons. The molecule has 5 nitrogen and oxygen atoms in total. The van der Waals surface area contributed by atoms with Crippen LogP contribution < -0.4 is 4.90 Å². The molecule has 2 fully saturated rings. The average molecular weight is 302 g/mol. The van der Waals surface area contributed by atoms with Crippen LogP contribution in [-0.2, 0) is 14.3 Å². The summed E-state index contributed by atoms with van der Waals surface area (Å²) in [7, 11) is 0. The van der Waals surface area contributed by atoms with E-state index in [0.717, 1.165) is 13.1 Å². The number of esters is 1. The topological polar surface area (TPSA) is 49.9 Å². The fraction of sp³-hybridized carbons (Fsp3) is 0.529. The molecule has 1 aromatic rings. The molecule has 1 amide bonds. The molecule has 2 aliphatic heterocycles. The van der Waals surface area contributed by atoms with Gasteiger partial charge in [0.05, 0.1) is 12.3 Å². The summed E-state index contributed by atoms with van der Waals surface area (Å²) in [6, 6.07) is 10.2. The van der Waals surface area contributed by atoms with Gasteiger partial charge < -0.3 is 14.5 Å². The van der Waals surface area contributed by atoms with Gasteiger partial charge in [-0.3, -0.25) is 9.59 Å². The van der Waals surface area contributed by atoms with Crippen LogP contribution in [0.4, 0.5) is 5.69 Å². The maximum absolute atomic E-state index is 12.7. The van der Waals surface area contributed by atoms with Crippen LogP contribution in [0.2, 0.25) is 0 Å². The molecule has 0 bridgehead atoms. The van der Waals surface area contributed by atoms with Gasteiger partial charge in [0.25, 0.3) is 0 Å². The van der Waals surface area contributed by atoms with Crippen LogP contribution >= 0.6 is 0 Å². The standard InChI is InChI=1S/C17H22N2O3/c1-17(2)14(12-15(20)22-17)16(21)19-10-8-18(9-11-19)13-6-4-3-5-7-13/h3-7,14H,8-12H2,1-2H3/t14-/m1/s1. The van der Waals surface area contributed by atoms with E-state index in [2.05, 4.69) is 17.0 Å². The zero-order valence-electron chi connectivity index (χ0n) is 13.1. The van der Waals surface area contributed by atoms with Gasteiger partial charge in [-0.15, -0.1) is 0 Å². The second-order valence-corrected chi connectivity index (χ2v) is 6.48. The van der Waals surface area contributed by atoms with Crippen molar-refractivity contribution in [3.05, 3.63) is 30.3 Å². The molecule has 0 unspecified atom stereocenters. The summed E-state index contributed by atoms with van der Waals surface area (Å²) in [4.78, 5) is 28.3. The predicted octanol–water partition coefficient (Wildman–Crippen LogP) is 1.68. The zero-order valence-corrected chi connectivity index (χ0v) is 13.1. The van der Waals surface area contributed by atoms with E-state index in [4.69, 9.17) is 4.74 Å². The lowest BCUT2D eigenvalue weighted by Gasteiger charge is -2.38. The molecule has 0 aromatic heterocycles. The minimum absolute atomic E-state index is 0.0450. The monoisotopic (exact) mass is 302 g/mol. The van der Waals surface area contributed by atoms with E-state index in [1.807, 2.05) is 36.9 Å². The quantitative estimate of drug-likeness (QED) is 0.780. The molecule has 0 N–H and O–H groups in total. The molecule has 0 aliphatic carbocycles. The van der Waals surface area contributed by atoms with E-state index >= 15 is 0 Å². The van der Waals surface area contributed by atoms with Gasteiger partial charge in [-0.1, -0.05) is 18.2 Å². The Morgan fingerprint density at radius 1 is 1.14 bits per heavy atom. The highest BCUT2D eigenvalue weighted by molar-refractivity contribution is 5.87. The fourth-order valence-electron chi connectivity index (χ4n) is 3.25. The van der Waals surface area contributed by atoms with E-state index in [1.165, 1.54) is 5.69 Å². The number of para-hydroxylation sites is 1. The Kier molecular flexibility index (Phi) is 3.81. The summed E-state index contributed by atoms with van der Waals surface area (Å²) in [5.41, 5.74) is 0.499. The highest BCUT2D eigenvalue weighted by Crippen LogP contribution is 2.34. The second-order valence-electron chi connectivity index (χ2n) is 6.48. The Labute approximate surface area is 130 Å². The number of amides is 1. The van der Waals surface area contributed by atoms with Crippen molar-refractivity contribution in [3.63, 3.8) is 0 Å². The highest BCUT2D eigenvalue weighted by Gasteiger charge is 2.47. The van der Waals surface area contributed by atoms with Crippen LogP contribution in [0, 0.1) is 5.92 Å². The van der Waals surface area contributed by atoms with Crippen LogP contribution in [0.3, 0.4) is 0 Å². The fourth-order valence-corrected chi connectivity index (χ4v) is 3.25. The maximum Gasteiger partial charge on any atom is 0.307 e. The van der Waals surface area contributed by atoms with E-state index in [9.17, 15) is 9.59 Å². The molecule has 1 aromatic carbocycles. The molecule has 2 aliphatic rings. The normalized spacial score (nSPS) is 24.3. The van der Waals surface area contributed by atoms with Gasteiger partial charge >= 0.3 is 5.97 Å². The summed E-state index contributed by atoms with van der Waals surface area (Å²) in [6.45, 7) is 6.65. The minimum atomic E-state index is -0.690. The van der Waals surface area contributed by atoms with Gasteiger partial charge in [-0.25, -0.2) is 0 Å². The molecule has 3 rings (SSSR count). The average Bonchev–Trinajstić information content (AvgIpc) is 2.80. The number of carbonyl (C=O) groups is 2. The third-order valence-electron chi connectivity index (χ3n) is 4.60. The van der Waals surface area contributed by atoms with Crippen LogP contribution in [0.15, 0.2) is 30.3 Å². The zero-order chi connectivity index (χ0) is 15.7. The van der Waals surface area contributed by atoms with Gasteiger partial charge in [0.15, 0.2) is 0 Å². The molecule has 1 atom stereocenters. The van der Waals surface area contributed by atoms with Gasteiger partial charge in [0, 0.05) is 31.9 Å². The third kappa shape index (κ3) is 2.80. The van der Waals surface area contributed by atoms with Crippen molar-refractivity contribution in [3.8, 4) is 0 Å². The Morgan fingerprint density at radius 3 is 2.32 bits per heavy atom. The first-order valence-corrected chi connectivity index (χ1v) is 7.78. The lowest BCUT2D eigenvalue weighted by molar-refractivity contribution is -0.148. The van der Waals surface area contributed by atoms with Gasteiger partial charge in [-0.05, 0) is 26.0 Å². The number of piperazine rings is 1. The Bertz CT molecular complexity index is 563. The molecule has 22 heavy (non-hydrogen) atoms. The first kappa shape index (κ1) is 14.9. The Hall–Kier alpha value is -2.04. The summed E-state index contributed by atoms with van der Waals surface area (Å²) in [5, 5.41) is 0. The Morgan fingerprint density at radius 2 is 1.77 bits per heavy atom. The van der Waals surface area contributed by atoms with Crippen molar-refractivity contribution < 1.29 is 14.3 Å². The Balaban J connectivity index is 1.62. The number of nitrogens with zero attached hydrogens (tertiary/aromatic N) is 2. The molecule has 0 spiro atoms. The molecular formula is C17H22N2O3. The van der Waals surface area contributed by atoms with Crippen molar-refractivity contribution in [2.24, 2.45) is 5.92 Å². The highest BCUT2D eigenvalue weighted by atomic mass is 16.6. The minimum Gasteiger partial charge on any atom is -0.459 e. The van der Waals surface area contributed by atoms with Crippen molar-refractivity contribution in [1.82, 2.24) is 4.90 Å². The second kappa shape index (κ2) is 5.63. The van der Waals surface area contributed by atoms with Crippen LogP contribution in [0.1, 0.15) is 20.3 Å². The van der Waals surface area contributed by atoms with Gasteiger partial charge in [0.2, 0.25) is 5.91 Å². The predicted molar refractivity (Wildman–Crippen MR) is 83.5 cm³/mol. The number of benzene rings is 1. The number of cyclic esters (lactones) is 1. The van der Waals surface area contributed by atoms with Crippen molar-refractivity contribution >= 4 is 17.6 Å². The number of rotatable bonds is 2. The number of hydrogen-bond donors (Lipinski definition) is 0. The first-order valence-electron chi connectivity index (χ1n) is 7.78. The van der Waals surface area contributed by atoms with E-state index in [0.29, 0.717) is 13.1 Å². The molecule has 2 saturated heterocycles. The van der Waals surface area contributed by atoms with E-state index in [1.54, 1.807) is 0 Å². The molecule has 5 heteroatoms. The van der Waals surface area contributed by atoms with E-state index < -0.39 is 5.60 Å².